The monoisotopic (exact) mass is 207 g/mol. The van der Waals surface area contributed by atoms with E-state index in [9.17, 15) is 0 Å². The minimum absolute atomic E-state index is 0.702. The average molecular weight is 207 g/mol. The van der Waals surface area contributed by atoms with E-state index in [4.69, 9.17) is 0 Å². The van der Waals surface area contributed by atoms with Crippen molar-refractivity contribution in [1.29, 1.82) is 0 Å². The van der Waals surface area contributed by atoms with Crippen molar-refractivity contribution < 1.29 is 0 Å². The fraction of sp³-hybridized carbons (Fsp3) is 0.750. The Hall–Kier alpha value is -0.830. The number of aryl methyl sites for hydroxylation is 1. The van der Waals surface area contributed by atoms with Crippen LogP contribution < -0.4 is 5.32 Å². The maximum Gasteiger partial charge on any atom is 0.0535 e. The summed E-state index contributed by atoms with van der Waals surface area (Å²) in [5.41, 5.74) is 2.48. The first-order valence-corrected chi connectivity index (χ1v) is 5.99. The van der Waals surface area contributed by atoms with Crippen LogP contribution in [0.3, 0.4) is 0 Å². The number of aromatic nitrogens is 2. The predicted molar refractivity (Wildman–Crippen MR) is 61.6 cm³/mol. The summed E-state index contributed by atoms with van der Waals surface area (Å²) in [5.74, 6) is 0.825. The van der Waals surface area contributed by atoms with E-state index in [0.29, 0.717) is 6.04 Å². The van der Waals surface area contributed by atoms with E-state index in [-0.39, 0.29) is 0 Å². The fourth-order valence-electron chi connectivity index (χ4n) is 2.41. The van der Waals surface area contributed by atoms with Gasteiger partial charge in [-0.2, -0.15) is 5.10 Å². The van der Waals surface area contributed by atoms with Gasteiger partial charge in [0.15, 0.2) is 0 Å². The molecule has 1 fully saturated rings. The molecule has 1 aliphatic carbocycles. The average Bonchev–Trinajstić information content (AvgIpc) is 2.63. The SMILES string of the molecule is Cc1[nH]ncc1CNC1CCCCC1C. The van der Waals surface area contributed by atoms with Gasteiger partial charge in [-0.15, -0.1) is 0 Å². The normalized spacial score (nSPS) is 26.8. The van der Waals surface area contributed by atoms with Gasteiger partial charge in [0.25, 0.3) is 0 Å². The molecule has 84 valence electrons. The molecule has 3 heteroatoms. The van der Waals surface area contributed by atoms with Crippen LogP contribution in [0.2, 0.25) is 0 Å². The van der Waals surface area contributed by atoms with E-state index < -0.39 is 0 Å². The summed E-state index contributed by atoms with van der Waals surface area (Å²) in [4.78, 5) is 0. The van der Waals surface area contributed by atoms with Gasteiger partial charge in [-0.25, -0.2) is 0 Å². The lowest BCUT2D eigenvalue weighted by atomic mass is 9.86. The van der Waals surface area contributed by atoms with Crippen LogP contribution in [0.1, 0.15) is 43.9 Å². The van der Waals surface area contributed by atoms with Gasteiger partial charge in [-0.3, -0.25) is 5.10 Å². The Labute approximate surface area is 91.7 Å². The molecule has 1 heterocycles. The minimum atomic E-state index is 0.702. The third kappa shape index (κ3) is 2.59. The molecule has 2 atom stereocenters. The number of H-pyrrole nitrogens is 1. The van der Waals surface area contributed by atoms with Gasteiger partial charge < -0.3 is 5.32 Å². The molecule has 1 aromatic heterocycles. The standard InChI is InChI=1S/C12H21N3/c1-9-5-3-4-6-12(9)13-7-11-8-14-15-10(11)2/h8-9,12-13H,3-7H2,1-2H3,(H,14,15). The predicted octanol–water partition coefficient (Wildman–Crippen LogP) is 2.39. The Morgan fingerprint density at radius 3 is 2.93 bits per heavy atom. The number of rotatable bonds is 3. The van der Waals surface area contributed by atoms with Crippen molar-refractivity contribution in [2.24, 2.45) is 5.92 Å². The van der Waals surface area contributed by atoms with Gasteiger partial charge in [0.1, 0.15) is 0 Å². The molecule has 2 N–H and O–H groups in total. The zero-order chi connectivity index (χ0) is 10.7. The number of aromatic amines is 1. The van der Waals surface area contributed by atoms with E-state index in [1.807, 2.05) is 6.20 Å². The van der Waals surface area contributed by atoms with Gasteiger partial charge in [-0.1, -0.05) is 19.8 Å². The van der Waals surface area contributed by atoms with E-state index in [0.717, 1.165) is 12.5 Å². The van der Waals surface area contributed by atoms with Crippen LogP contribution in [0.25, 0.3) is 0 Å². The topological polar surface area (TPSA) is 40.7 Å². The smallest absolute Gasteiger partial charge is 0.0535 e. The number of hydrogen-bond acceptors (Lipinski definition) is 2. The second kappa shape index (κ2) is 4.79. The van der Waals surface area contributed by atoms with Crippen LogP contribution in [0, 0.1) is 12.8 Å². The van der Waals surface area contributed by atoms with E-state index in [2.05, 4.69) is 29.4 Å². The fourth-order valence-corrected chi connectivity index (χ4v) is 2.41. The zero-order valence-corrected chi connectivity index (χ0v) is 9.71. The molecule has 0 aliphatic heterocycles. The molecule has 1 saturated carbocycles. The van der Waals surface area contributed by atoms with Gasteiger partial charge >= 0.3 is 0 Å². The zero-order valence-electron chi connectivity index (χ0n) is 9.71. The summed E-state index contributed by atoms with van der Waals surface area (Å²) in [5, 5.41) is 10.7. The summed E-state index contributed by atoms with van der Waals surface area (Å²) >= 11 is 0. The summed E-state index contributed by atoms with van der Waals surface area (Å²) in [7, 11) is 0. The molecule has 1 aromatic rings. The highest BCUT2D eigenvalue weighted by Crippen LogP contribution is 2.24. The van der Waals surface area contributed by atoms with E-state index >= 15 is 0 Å². The van der Waals surface area contributed by atoms with Gasteiger partial charge in [0.2, 0.25) is 0 Å². The number of hydrogen-bond donors (Lipinski definition) is 2. The van der Waals surface area contributed by atoms with Crippen LogP contribution in [-0.2, 0) is 6.54 Å². The third-order valence-electron chi connectivity index (χ3n) is 3.60. The molecule has 0 aromatic carbocycles. The van der Waals surface area contributed by atoms with Crippen LogP contribution in [0.4, 0.5) is 0 Å². The molecule has 0 saturated heterocycles. The Balaban J connectivity index is 1.84. The molecule has 0 spiro atoms. The highest BCUT2D eigenvalue weighted by atomic mass is 15.1. The van der Waals surface area contributed by atoms with Crippen LogP contribution in [0.15, 0.2) is 6.20 Å². The van der Waals surface area contributed by atoms with Gasteiger partial charge in [0, 0.05) is 23.8 Å². The lowest BCUT2D eigenvalue weighted by Crippen LogP contribution is -2.36. The second-order valence-corrected chi connectivity index (χ2v) is 4.77. The van der Waals surface area contributed by atoms with Crippen molar-refractivity contribution in [2.75, 3.05) is 0 Å². The molecule has 1 aliphatic rings. The number of nitrogens with one attached hydrogen (secondary N) is 2. The van der Waals surface area contributed by atoms with Gasteiger partial charge in [0.05, 0.1) is 6.20 Å². The summed E-state index contributed by atoms with van der Waals surface area (Å²) in [6, 6.07) is 0.702. The Morgan fingerprint density at radius 1 is 1.47 bits per heavy atom. The molecule has 15 heavy (non-hydrogen) atoms. The van der Waals surface area contributed by atoms with Crippen molar-refractivity contribution >= 4 is 0 Å². The van der Waals surface area contributed by atoms with E-state index in [1.54, 1.807) is 0 Å². The lowest BCUT2D eigenvalue weighted by Gasteiger charge is -2.29. The van der Waals surface area contributed by atoms with E-state index in [1.165, 1.54) is 36.9 Å². The van der Waals surface area contributed by atoms with Crippen molar-refractivity contribution in [1.82, 2.24) is 15.5 Å². The third-order valence-corrected chi connectivity index (χ3v) is 3.60. The largest absolute Gasteiger partial charge is 0.310 e. The Kier molecular flexibility index (Phi) is 3.41. The molecular weight excluding hydrogens is 186 g/mol. The molecule has 2 rings (SSSR count). The van der Waals surface area contributed by atoms with Crippen LogP contribution in [-0.4, -0.2) is 16.2 Å². The second-order valence-electron chi connectivity index (χ2n) is 4.77. The maximum atomic E-state index is 4.04. The van der Waals surface area contributed by atoms with Crippen LogP contribution >= 0.6 is 0 Å². The van der Waals surface area contributed by atoms with Gasteiger partial charge in [-0.05, 0) is 25.7 Å². The molecule has 2 unspecified atom stereocenters. The molecule has 0 radical (unpaired) electrons. The Bertz CT molecular complexity index is 306. The summed E-state index contributed by atoms with van der Waals surface area (Å²) in [6.07, 6.45) is 7.42. The maximum absolute atomic E-state index is 4.04. The first-order valence-electron chi connectivity index (χ1n) is 5.99. The quantitative estimate of drug-likeness (QED) is 0.799. The first kappa shape index (κ1) is 10.7. The molecular formula is C12H21N3. The minimum Gasteiger partial charge on any atom is -0.310 e. The van der Waals surface area contributed by atoms with Crippen molar-refractivity contribution in [3.8, 4) is 0 Å². The number of nitrogens with zero attached hydrogens (tertiary/aromatic N) is 1. The van der Waals surface area contributed by atoms with Crippen LogP contribution in [0.5, 0.6) is 0 Å². The summed E-state index contributed by atoms with van der Waals surface area (Å²) in [6.45, 7) is 5.39. The van der Waals surface area contributed by atoms with Crippen molar-refractivity contribution in [3.63, 3.8) is 0 Å². The molecule has 0 bridgehead atoms. The molecule has 3 nitrogen and oxygen atoms in total. The Morgan fingerprint density at radius 2 is 2.27 bits per heavy atom. The van der Waals surface area contributed by atoms with Crippen molar-refractivity contribution in [3.05, 3.63) is 17.5 Å². The lowest BCUT2D eigenvalue weighted by molar-refractivity contribution is 0.279. The van der Waals surface area contributed by atoms with Crippen molar-refractivity contribution in [2.45, 2.75) is 52.1 Å². The highest BCUT2D eigenvalue weighted by Gasteiger charge is 2.20. The first-order chi connectivity index (χ1) is 7.27. The highest BCUT2D eigenvalue weighted by molar-refractivity contribution is 5.13. The summed E-state index contributed by atoms with van der Waals surface area (Å²) < 4.78 is 0. The molecule has 0 amide bonds.